The van der Waals surface area contributed by atoms with Gasteiger partial charge in [-0.25, -0.2) is 15.0 Å². The zero-order valence-corrected chi connectivity index (χ0v) is 19.5. The number of hydrogen-bond donors (Lipinski definition) is 4. The molecule has 0 saturated heterocycles. The molecule has 9 heteroatoms. The minimum absolute atomic E-state index is 0.0194. The number of aryl methyl sites for hydroxylation is 1. The Balaban J connectivity index is 1.64. The molecular weight excluding hydrogens is 418 g/mol. The van der Waals surface area contributed by atoms with Crippen LogP contribution in [0.1, 0.15) is 67.5 Å². The van der Waals surface area contributed by atoms with Crippen molar-refractivity contribution in [3.63, 3.8) is 0 Å². The lowest BCUT2D eigenvalue weighted by molar-refractivity contribution is 0.0390. The minimum atomic E-state index is -0.279. The first-order valence-corrected chi connectivity index (χ1v) is 11.9. The summed E-state index contributed by atoms with van der Waals surface area (Å²) in [6.07, 6.45) is 8.05. The van der Waals surface area contributed by atoms with Crippen LogP contribution in [0.25, 0.3) is 10.9 Å². The quantitative estimate of drug-likeness (QED) is 0.389. The fourth-order valence-corrected chi connectivity index (χ4v) is 5.03. The van der Waals surface area contributed by atoms with Gasteiger partial charge in [0.05, 0.1) is 29.7 Å². The molecule has 2 aliphatic rings. The van der Waals surface area contributed by atoms with Crippen molar-refractivity contribution in [2.75, 3.05) is 12.4 Å². The molecule has 2 saturated carbocycles. The standard InChI is InChI=1S/C24H35N7O2/c1-14-11-12-16-15(13-14)21(28-17-7-3-4-8-18(17)30-24(25)26)31-22(27-16)23(32)29-19-9-5-6-10-20(19)33-2/h11-13,17-20H,3-10H2,1-2H3,(H,29,32)(H4,25,26,30)(H,27,28,31)/t17-,18+,19+,20+/m0/s1. The van der Waals surface area contributed by atoms with E-state index < -0.39 is 0 Å². The lowest BCUT2D eigenvalue weighted by Gasteiger charge is -2.31. The van der Waals surface area contributed by atoms with Gasteiger partial charge in [-0.05, 0) is 44.7 Å². The van der Waals surface area contributed by atoms with Crippen molar-refractivity contribution in [2.45, 2.75) is 82.5 Å². The smallest absolute Gasteiger partial charge is 0.289 e. The zero-order chi connectivity index (χ0) is 23.4. The van der Waals surface area contributed by atoms with Crippen LogP contribution in [0.3, 0.4) is 0 Å². The van der Waals surface area contributed by atoms with Crippen molar-refractivity contribution in [3.05, 3.63) is 29.6 Å². The van der Waals surface area contributed by atoms with Crippen LogP contribution in [0.2, 0.25) is 0 Å². The topological polar surface area (TPSA) is 141 Å². The molecule has 0 aliphatic heterocycles. The van der Waals surface area contributed by atoms with E-state index >= 15 is 0 Å². The van der Waals surface area contributed by atoms with Crippen LogP contribution in [0.5, 0.6) is 0 Å². The van der Waals surface area contributed by atoms with Gasteiger partial charge in [-0.3, -0.25) is 4.79 Å². The minimum Gasteiger partial charge on any atom is -0.379 e. The summed E-state index contributed by atoms with van der Waals surface area (Å²) in [5.74, 6) is 0.614. The van der Waals surface area contributed by atoms with Gasteiger partial charge in [-0.1, -0.05) is 37.3 Å². The number of aromatic nitrogens is 2. The molecule has 178 valence electrons. The number of methoxy groups -OCH3 is 1. The Morgan fingerprint density at radius 3 is 2.55 bits per heavy atom. The molecule has 1 amide bonds. The number of amides is 1. The summed E-state index contributed by atoms with van der Waals surface area (Å²) in [5.41, 5.74) is 13.2. The molecule has 6 N–H and O–H groups in total. The number of guanidine groups is 1. The van der Waals surface area contributed by atoms with Gasteiger partial charge in [0, 0.05) is 12.5 Å². The molecule has 9 nitrogen and oxygen atoms in total. The third-order valence-electron chi connectivity index (χ3n) is 6.74. The van der Waals surface area contributed by atoms with Crippen LogP contribution in [-0.2, 0) is 4.74 Å². The second kappa shape index (κ2) is 10.3. The van der Waals surface area contributed by atoms with E-state index in [2.05, 4.69) is 25.6 Å². The Morgan fingerprint density at radius 1 is 1.06 bits per heavy atom. The van der Waals surface area contributed by atoms with Crippen molar-refractivity contribution in [3.8, 4) is 0 Å². The van der Waals surface area contributed by atoms with Gasteiger partial charge >= 0.3 is 0 Å². The SMILES string of the molecule is CO[C@@H]1CCCC[C@H]1NC(=O)c1nc(N[C@H]2CCCC[C@H]2N=C(N)N)c2cc(C)ccc2n1. The molecule has 1 heterocycles. The first-order chi connectivity index (χ1) is 15.9. The van der Waals surface area contributed by atoms with E-state index in [0.717, 1.165) is 67.8 Å². The predicted molar refractivity (Wildman–Crippen MR) is 130 cm³/mol. The predicted octanol–water partition coefficient (Wildman–Crippen LogP) is 2.62. The molecule has 2 aliphatic carbocycles. The van der Waals surface area contributed by atoms with E-state index in [-0.39, 0.29) is 41.9 Å². The third-order valence-corrected chi connectivity index (χ3v) is 6.74. The maximum absolute atomic E-state index is 13.2. The summed E-state index contributed by atoms with van der Waals surface area (Å²) in [5, 5.41) is 7.54. The summed E-state index contributed by atoms with van der Waals surface area (Å²) in [4.78, 5) is 26.9. The third kappa shape index (κ3) is 5.52. The Bertz CT molecular complexity index is 1020. The fourth-order valence-electron chi connectivity index (χ4n) is 5.03. The normalized spacial score (nSPS) is 25.4. The highest BCUT2D eigenvalue weighted by Gasteiger charge is 2.29. The summed E-state index contributed by atoms with van der Waals surface area (Å²) >= 11 is 0. The van der Waals surface area contributed by atoms with Crippen molar-refractivity contribution >= 4 is 28.6 Å². The van der Waals surface area contributed by atoms with Crippen LogP contribution in [0, 0.1) is 6.92 Å². The molecule has 2 fully saturated rings. The average molecular weight is 454 g/mol. The van der Waals surface area contributed by atoms with Crippen LogP contribution in [-0.4, -0.2) is 53.2 Å². The molecule has 4 rings (SSSR count). The fraction of sp³-hybridized carbons (Fsp3) is 0.583. The van der Waals surface area contributed by atoms with E-state index in [9.17, 15) is 4.79 Å². The Labute approximate surface area is 194 Å². The number of anilines is 1. The molecule has 1 aromatic heterocycles. The van der Waals surface area contributed by atoms with Gasteiger partial charge in [0.2, 0.25) is 5.82 Å². The second-order valence-electron chi connectivity index (χ2n) is 9.21. The number of carbonyl (C=O) groups excluding carboxylic acids is 1. The van der Waals surface area contributed by atoms with E-state index in [1.54, 1.807) is 7.11 Å². The summed E-state index contributed by atoms with van der Waals surface area (Å²) < 4.78 is 5.59. The summed E-state index contributed by atoms with van der Waals surface area (Å²) in [6, 6.07) is 5.94. The van der Waals surface area contributed by atoms with Gasteiger partial charge in [-0.2, -0.15) is 0 Å². The second-order valence-corrected chi connectivity index (χ2v) is 9.21. The average Bonchev–Trinajstić information content (AvgIpc) is 2.80. The number of aliphatic imine (C=N–C) groups is 1. The molecule has 0 radical (unpaired) electrons. The van der Waals surface area contributed by atoms with Crippen molar-refractivity contribution in [2.24, 2.45) is 16.5 Å². The Morgan fingerprint density at radius 2 is 1.79 bits per heavy atom. The molecule has 2 aromatic rings. The van der Waals surface area contributed by atoms with Gasteiger partial charge in [0.1, 0.15) is 5.82 Å². The van der Waals surface area contributed by atoms with Crippen molar-refractivity contribution in [1.29, 1.82) is 0 Å². The number of fused-ring (bicyclic) bond motifs is 1. The molecule has 0 unspecified atom stereocenters. The van der Waals surface area contributed by atoms with E-state index in [1.165, 1.54) is 0 Å². The first kappa shape index (κ1) is 23.2. The number of benzene rings is 1. The maximum atomic E-state index is 13.2. The van der Waals surface area contributed by atoms with Crippen LogP contribution >= 0.6 is 0 Å². The molecule has 4 atom stereocenters. The van der Waals surface area contributed by atoms with Gasteiger partial charge in [0.25, 0.3) is 5.91 Å². The number of rotatable bonds is 6. The highest BCUT2D eigenvalue weighted by atomic mass is 16.5. The number of ether oxygens (including phenoxy) is 1. The highest BCUT2D eigenvalue weighted by Crippen LogP contribution is 2.28. The molecule has 1 aromatic carbocycles. The van der Waals surface area contributed by atoms with Crippen LogP contribution < -0.4 is 22.1 Å². The highest BCUT2D eigenvalue weighted by molar-refractivity contribution is 5.96. The van der Waals surface area contributed by atoms with Gasteiger partial charge < -0.3 is 26.8 Å². The van der Waals surface area contributed by atoms with Gasteiger partial charge in [-0.15, -0.1) is 0 Å². The maximum Gasteiger partial charge on any atom is 0.289 e. The lowest BCUT2D eigenvalue weighted by atomic mass is 9.90. The van der Waals surface area contributed by atoms with E-state index in [1.807, 2.05) is 25.1 Å². The number of nitrogens with zero attached hydrogens (tertiary/aromatic N) is 3. The monoisotopic (exact) mass is 453 g/mol. The van der Waals surface area contributed by atoms with Crippen molar-refractivity contribution in [1.82, 2.24) is 15.3 Å². The number of nitrogens with two attached hydrogens (primary N) is 2. The molecular formula is C24H35N7O2. The first-order valence-electron chi connectivity index (χ1n) is 11.9. The summed E-state index contributed by atoms with van der Waals surface area (Å²) in [7, 11) is 1.70. The summed E-state index contributed by atoms with van der Waals surface area (Å²) in [6.45, 7) is 2.03. The molecule has 0 bridgehead atoms. The van der Waals surface area contributed by atoms with Gasteiger partial charge in [0.15, 0.2) is 5.96 Å². The van der Waals surface area contributed by atoms with E-state index in [4.69, 9.17) is 16.2 Å². The largest absolute Gasteiger partial charge is 0.379 e. The van der Waals surface area contributed by atoms with Crippen LogP contribution in [0.4, 0.5) is 5.82 Å². The van der Waals surface area contributed by atoms with Crippen molar-refractivity contribution < 1.29 is 9.53 Å². The number of carbonyl (C=O) groups is 1. The van der Waals surface area contributed by atoms with Crippen LogP contribution in [0.15, 0.2) is 23.2 Å². The molecule has 0 spiro atoms. The molecule has 33 heavy (non-hydrogen) atoms. The lowest BCUT2D eigenvalue weighted by Crippen LogP contribution is -2.46. The number of hydrogen-bond acceptors (Lipinski definition) is 6. The Kier molecular flexibility index (Phi) is 7.27. The number of nitrogens with one attached hydrogen (secondary N) is 2. The zero-order valence-electron chi connectivity index (χ0n) is 19.5. The van der Waals surface area contributed by atoms with E-state index in [0.29, 0.717) is 5.82 Å². The Hall–Kier alpha value is -2.94.